The van der Waals surface area contributed by atoms with Crippen LogP contribution in [0.5, 0.6) is 0 Å². The van der Waals surface area contributed by atoms with E-state index in [2.05, 4.69) is 0 Å². The van der Waals surface area contributed by atoms with Gasteiger partial charge < -0.3 is 15.7 Å². The molecule has 1 saturated heterocycles. The summed E-state index contributed by atoms with van der Waals surface area (Å²) in [5.41, 5.74) is 8.08. The third-order valence-corrected chi connectivity index (χ3v) is 3.95. The van der Waals surface area contributed by atoms with Crippen molar-refractivity contribution in [2.45, 2.75) is 26.2 Å². The molecular formula is C15H22N2O2. The summed E-state index contributed by atoms with van der Waals surface area (Å²) in [5.74, 6) is 0.483. The predicted molar refractivity (Wildman–Crippen MR) is 75.9 cm³/mol. The van der Waals surface area contributed by atoms with Crippen molar-refractivity contribution in [3.63, 3.8) is 0 Å². The fourth-order valence-corrected chi connectivity index (χ4v) is 2.72. The Bertz CT molecular complexity index is 457. The van der Waals surface area contributed by atoms with Crippen LogP contribution in [0.1, 0.15) is 35.2 Å². The van der Waals surface area contributed by atoms with Crippen LogP contribution in [0.25, 0.3) is 0 Å². The van der Waals surface area contributed by atoms with Crippen molar-refractivity contribution >= 4 is 11.6 Å². The predicted octanol–water partition coefficient (Wildman–Crippen LogP) is 1.81. The molecule has 1 unspecified atom stereocenters. The number of benzene rings is 1. The topological polar surface area (TPSA) is 66.6 Å². The van der Waals surface area contributed by atoms with Gasteiger partial charge in [0.15, 0.2) is 0 Å². The minimum Gasteiger partial charge on any atom is -0.398 e. The second kappa shape index (κ2) is 6.06. The van der Waals surface area contributed by atoms with Crippen LogP contribution in [-0.2, 0) is 0 Å². The van der Waals surface area contributed by atoms with E-state index in [1.165, 1.54) is 0 Å². The third-order valence-electron chi connectivity index (χ3n) is 3.95. The molecule has 104 valence electrons. The van der Waals surface area contributed by atoms with Crippen LogP contribution in [0.15, 0.2) is 18.2 Å². The first-order valence-corrected chi connectivity index (χ1v) is 6.88. The van der Waals surface area contributed by atoms with Crippen molar-refractivity contribution in [1.29, 1.82) is 0 Å². The van der Waals surface area contributed by atoms with E-state index in [-0.39, 0.29) is 12.5 Å². The number of anilines is 1. The van der Waals surface area contributed by atoms with E-state index in [9.17, 15) is 4.79 Å². The van der Waals surface area contributed by atoms with Crippen LogP contribution in [-0.4, -0.2) is 35.6 Å². The average Bonchev–Trinajstić information content (AvgIpc) is 2.42. The van der Waals surface area contributed by atoms with Gasteiger partial charge in [0.2, 0.25) is 0 Å². The smallest absolute Gasteiger partial charge is 0.254 e. The molecule has 1 amide bonds. The summed E-state index contributed by atoms with van der Waals surface area (Å²) in [6.45, 7) is 3.63. The molecule has 1 aliphatic heterocycles. The number of nitrogens with two attached hydrogens (primary N) is 1. The molecule has 0 spiro atoms. The van der Waals surface area contributed by atoms with Crippen molar-refractivity contribution in [3.05, 3.63) is 29.3 Å². The Kier molecular flexibility index (Phi) is 4.43. The lowest BCUT2D eigenvalue weighted by molar-refractivity contribution is 0.0653. The van der Waals surface area contributed by atoms with Gasteiger partial charge in [-0.2, -0.15) is 0 Å². The maximum atomic E-state index is 12.5. The Morgan fingerprint density at radius 2 is 2.32 bits per heavy atom. The van der Waals surface area contributed by atoms with Gasteiger partial charge in [0.1, 0.15) is 0 Å². The number of likely N-dealkylation sites (tertiary alicyclic amines) is 1. The molecule has 19 heavy (non-hydrogen) atoms. The van der Waals surface area contributed by atoms with Gasteiger partial charge in [-0.1, -0.05) is 6.07 Å². The van der Waals surface area contributed by atoms with Gasteiger partial charge in [0.25, 0.3) is 5.91 Å². The first kappa shape index (κ1) is 13.9. The molecule has 1 atom stereocenters. The molecule has 4 nitrogen and oxygen atoms in total. The van der Waals surface area contributed by atoms with Gasteiger partial charge in [-0.25, -0.2) is 0 Å². The maximum Gasteiger partial charge on any atom is 0.254 e. The number of carbonyl (C=O) groups excluding carboxylic acids is 1. The van der Waals surface area contributed by atoms with Crippen molar-refractivity contribution in [3.8, 4) is 0 Å². The second-order valence-corrected chi connectivity index (χ2v) is 5.29. The zero-order chi connectivity index (χ0) is 13.8. The lowest BCUT2D eigenvalue weighted by atomic mass is 9.94. The Hall–Kier alpha value is -1.55. The molecule has 0 radical (unpaired) electrons. The minimum atomic E-state index is 0.0624. The fraction of sp³-hybridized carbons (Fsp3) is 0.533. The molecule has 4 heteroatoms. The van der Waals surface area contributed by atoms with Gasteiger partial charge in [0, 0.05) is 30.9 Å². The van der Waals surface area contributed by atoms with E-state index in [1.807, 2.05) is 30.0 Å². The molecule has 1 fully saturated rings. The van der Waals surface area contributed by atoms with E-state index < -0.39 is 0 Å². The van der Waals surface area contributed by atoms with Gasteiger partial charge in [-0.05, 0) is 49.8 Å². The quantitative estimate of drug-likeness (QED) is 0.816. The Balaban J connectivity index is 2.12. The summed E-state index contributed by atoms with van der Waals surface area (Å²) in [5, 5.41) is 9.02. The molecule has 0 aliphatic carbocycles. The molecule has 0 aromatic heterocycles. The highest BCUT2D eigenvalue weighted by atomic mass is 16.3. The first-order chi connectivity index (χ1) is 9.13. The number of aliphatic hydroxyl groups excluding tert-OH is 1. The zero-order valence-corrected chi connectivity index (χ0v) is 11.4. The van der Waals surface area contributed by atoms with Crippen LogP contribution in [0, 0.1) is 12.8 Å². The Labute approximate surface area is 114 Å². The van der Waals surface area contributed by atoms with Gasteiger partial charge in [-0.15, -0.1) is 0 Å². The average molecular weight is 262 g/mol. The summed E-state index contributed by atoms with van der Waals surface area (Å²) >= 11 is 0. The van der Waals surface area contributed by atoms with Crippen molar-refractivity contribution in [1.82, 2.24) is 4.90 Å². The Morgan fingerprint density at radius 3 is 3.05 bits per heavy atom. The largest absolute Gasteiger partial charge is 0.398 e. The molecule has 1 aromatic carbocycles. The highest BCUT2D eigenvalue weighted by Crippen LogP contribution is 2.23. The number of amides is 1. The van der Waals surface area contributed by atoms with Gasteiger partial charge >= 0.3 is 0 Å². The molecule has 1 heterocycles. The lowest BCUT2D eigenvalue weighted by Crippen LogP contribution is -2.40. The zero-order valence-electron chi connectivity index (χ0n) is 11.4. The number of nitrogens with zero attached hydrogens (tertiary/aromatic N) is 1. The van der Waals surface area contributed by atoms with Crippen molar-refractivity contribution < 1.29 is 9.90 Å². The third kappa shape index (κ3) is 3.07. The van der Waals surface area contributed by atoms with Crippen LogP contribution in [0.2, 0.25) is 0 Å². The molecule has 0 bridgehead atoms. The number of aliphatic hydroxyl groups is 1. The number of rotatable bonds is 3. The highest BCUT2D eigenvalue weighted by Gasteiger charge is 2.25. The number of hydrogen-bond donors (Lipinski definition) is 2. The van der Waals surface area contributed by atoms with Gasteiger partial charge in [-0.3, -0.25) is 4.79 Å². The van der Waals surface area contributed by atoms with Gasteiger partial charge in [0.05, 0.1) is 0 Å². The molecule has 1 aromatic rings. The lowest BCUT2D eigenvalue weighted by Gasteiger charge is -2.33. The van der Waals surface area contributed by atoms with Crippen LogP contribution >= 0.6 is 0 Å². The molecule has 1 aliphatic rings. The fourth-order valence-electron chi connectivity index (χ4n) is 2.72. The first-order valence-electron chi connectivity index (χ1n) is 6.88. The van der Waals surface area contributed by atoms with Crippen molar-refractivity contribution in [2.75, 3.05) is 25.4 Å². The normalized spacial score (nSPS) is 19.5. The Morgan fingerprint density at radius 1 is 1.53 bits per heavy atom. The SMILES string of the molecule is Cc1c(N)cccc1C(=O)N1CCCC(CCO)C1. The molecule has 3 N–H and O–H groups in total. The second-order valence-electron chi connectivity index (χ2n) is 5.29. The molecule has 2 rings (SSSR count). The summed E-state index contributed by atoms with van der Waals surface area (Å²) in [6, 6.07) is 5.48. The maximum absolute atomic E-state index is 12.5. The van der Waals surface area contributed by atoms with E-state index in [0.29, 0.717) is 17.2 Å². The number of piperidine rings is 1. The van der Waals surface area contributed by atoms with Crippen LogP contribution in [0.4, 0.5) is 5.69 Å². The molecular weight excluding hydrogens is 240 g/mol. The molecule has 0 saturated carbocycles. The number of hydrogen-bond acceptors (Lipinski definition) is 3. The summed E-state index contributed by atoms with van der Waals surface area (Å²) in [4.78, 5) is 14.4. The van der Waals surface area contributed by atoms with E-state index in [0.717, 1.165) is 37.9 Å². The van der Waals surface area contributed by atoms with Crippen LogP contribution in [0.3, 0.4) is 0 Å². The number of carbonyl (C=O) groups is 1. The standard InChI is InChI=1S/C15H22N2O2/c1-11-13(5-2-6-14(11)16)15(19)17-8-3-4-12(10-17)7-9-18/h2,5-6,12,18H,3-4,7-10,16H2,1H3. The summed E-state index contributed by atoms with van der Waals surface area (Å²) in [6.07, 6.45) is 2.89. The highest BCUT2D eigenvalue weighted by molar-refractivity contribution is 5.97. The van der Waals surface area contributed by atoms with E-state index in [4.69, 9.17) is 10.8 Å². The minimum absolute atomic E-state index is 0.0624. The summed E-state index contributed by atoms with van der Waals surface area (Å²) < 4.78 is 0. The monoisotopic (exact) mass is 262 g/mol. The van der Waals surface area contributed by atoms with E-state index >= 15 is 0 Å². The number of nitrogen functional groups attached to an aromatic ring is 1. The van der Waals surface area contributed by atoms with E-state index in [1.54, 1.807) is 0 Å². The summed E-state index contributed by atoms with van der Waals surface area (Å²) in [7, 11) is 0. The van der Waals surface area contributed by atoms with Crippen LogP contribution < -0.4 is 5.73 Å². The van der Waals surface area contributed by atoms with Crippen molar-refractivity contribution in [2.24, 2.45) is 5.92 Å².